The van der Waals surface area contributed by atoms with Crippen LogP contribution in [0, 0.1) is 12.8 Å². The molecule has 0 bridgehead atoms. The molecule has 0 heterocycles. The highest BCUT2D eigenvalue weighted by Crippen LogP contribution is 2.27. The van der Waals surface area contributed by atoms with Crippen molar-refractivity contribution in [3.8, 4) is 0 Å². The minimum absolute atomic E-state index is 0.480. The fraction of sp³-hybridized carbons (Fsp3) is 0.333. The summed E-state index contributed by atoms with van der Waals surface area (Å²) in [4.78, 5) is 0. The number of hydrogen-bond donors (Lipinski definition) is 1. The summed E-state index contributed by atoms with van der Waals surface area (Å²) in [7, 11) is 0. The normalized spacial score (nSPS) is 12.4. The molecule has 1 unspecified atom stereocenters. The maximum atomic E-state index is 6.28. The van der Waals surface area contributed by atoms with Crippen LogP contribution in [0.25, 0.3) is 0 Å². The molecule has 1 N–H and O–H groups in total. The van der Waals surface area contributed by atoms with Crippen LogP contribution < -0.4 is 5.32 Å². The molecule has 0 saturated carbocycles. The quantitative estimate of drug-likeness (QED) is 0.765. The SMILES string of the molecule is Cc1ccc(NCC(c2ccccc2)C(C)C)c(Cl)c1. The van der Waals surface area contributed by atoms with Gasteiger partial charge in [-0.2, -0.15) is 0 Å². The van der Waals surface area contributed by atoms with Gasteiger partial charge in [0.05, 0.1) is 10.7 Å². The lowest BCUT2D eigenvalue weighted by molar-refractivity contribution is 0.517. The van der Waals surface area contributed by atoms with E-state index in [1.165, 1.54) is 11.1 Å². The van der Waals surface area contributed by atoms with E-state index in [2.05, 4.69) is 68.6 Å². The van der Waals surface area contributed by atoms with Gasteiger partial charge >= 0.3 is 0 Å². The van der Waals surface area contributed by atoms with Crippen LogP contribution in [0.2, 0.25) is 5.02 Å². The summed E-state index contributed by atoms with van der Waals surface area (Å²) >= 11 is 6.28. The predicted octanol–water partition coefficient (Wildman–Crippen LogP) is 5.50. The summed E-state index contributed by atoms with van der Waals surface area (Å²) < 4.78 is 0. The molecule has 106 valence electrons. The van der Waals surface area contributed by atoms with Crippen LogP contribution in [0.5, 0.6) is 0 Å². The number of benzene rings is 2. The van der Waals surface area contributed by atoms with Crippen LogP contribution in [-0.2, 0) is 0 Å². The number of hydrogen-bond acceptors (Lipinski definition) is 1. The van der Waals surface area contributed by atoms with E-state index >= 15 is 0 Å². The van der Waals surface area contributed by atoms with Crippen molar-refractivity contribution in [3.05, 3.63) is 64.7 Å². The van der Waals surface area contributed by atoms with E-state index in [-0.39, 0.29) is 0 Å². The van der Waals surface area contributed by atoms with Crippen molar-refractivity contribution in [1.82, 2.24) is 0 Å². The van der Waals surface area contributed by atoms with Gasteiger partial charge in [0.25, 0.3) is 0 Å². The van der Waals surface area contributed by atoms with Crippen molar-refractivity contribution in [2.24, 2.45) is 5.92 Å². The van der Waals surface area contributed by atoms with E-state index in [0.29, 0.717) is 11.8 Å². The Morgan fingerprint density at radius 3 is 2.35 bits per heavy atom. The third-order valence-electron chi connectivity index (χ3n) is 3.67. The van der Waals surface area contributed by atoms with E-state index in [1.807, 2.05) is 6.07 Å². The first kappa shape index (κ1) is 14.9. The molecule has 1 nitrogen and oxygen atoms in total. The Morgan fingerprint density at radius 2 is 1.75 bits per heavy atom. The van der Waals surface area contributed by atoms with Gasteiger partial charge in [0.1, 0.15) is 0 Å². The van der Waals surface area contributed by atoms with Crippen LogP contribution in [-0.4, -0.2) is 6.54 Å². The Hall–Kier alpha value is -1.47. The van der Waals surface area contributed by atoms with Crippen LogP contribution >= 0.6 is 11.6 Å². The summed E-state index contributed by atoms with van der Waals surface area (Å²) in [5.41, 5.74) is 3.57. The summed E-state index contributed by atoms with van der Waals surface area (Å²) in [6.45, 7) is 7.47. The average Bonchev–Trinajstić information content (AvgIpc) is 2.42. The Kier molecular flexibility index (Phi) is 5.08. The third-order valence-corrected chi connectivity index (χ3v) is 3.98. The molecular formula is C18H22ClN. The molecule has 1 atom stereocenters. The van der Waals surface area contributed by atoms with Gasteiger partial charge in [0, 0.05) is 12.5 Å². The molecule has 0 radical (unpaired) electrons. The van der Waals surface area contributed by atoms with Crippen molar-refractivity contribution in [2.45, 2.75) is 26.7 Å². The first-order chi connectivity index (χ1) is 9.58. The van der Waals surface area contributed by atoms with Crippen LogP contribution in [0.3, 0.4) is 0 Å². The second kappa shape index (κ2) is 6.81. The second-order valence-electron chi connectivity index (χ2n) is 5.63. The number of aryl methyl sites for hydroxylation is 1. The van der Waals surface area contributed by atoms with Crippen molar-refractivity contribution in [3.63, 3.8) is 0 Å². The predicted molar refractivity (Wildman–Crippen MR) is 88.7 cm³/mol. The molecular weight excluding hydrogens is 266 g/mol. The van der Waals surface area contributed by atoms with Gasteiger partial charge in [-0.3, -0.25) is 0 Å². The molecule has 0 aromatic heterocycles. The molecule has 2 rings (SSSR count). The van der Waals surface area contributed by atoms with Crippen LogP contribution in [0.4, 0.5) is 5.69 Å². The van der Waals surface area contributed by atoms with Gasteiger partial charge < -0.3 is 5.32 Å². The first-order valence-corrected chi connectivity index (χ1v) is 7.50. The molecule has 0 saturated heterocycles. The van der Waals surface area contributed by atoms with Crippen molar-refractivity contribution < 1.29 is 0 Å². The topological polar surface area (TPSA) is 12.0 Å². The van der Waals surface area contributed by atoms with Gasteiger partial charge in [-0.25, -0.2) is 0 Å². The smallest absolute Gasteiger partial charge is 0.0640 e. The van der Waals surface area contributed by atoms with E-state index in [9.17, 15) is 0 Å². The van der Waals surface area contributed by atoms with E-state index in [4.69, 9.17) is 11.6 Å². The van der Waals surface area contributed by atoms with Gasteiger partial charge in [0.15, 0.2) is 0 Å². The maximum absolute atomic E-state index is 6.28. The monoisotopic (exact) mass is 287 g/mol. The summed E-state index contributed by atoms with van der Waals surface area (Å²) in [5, 5.41) is 4.28. The van der Waals surface area contributed by atoms with Crippen molar-refractivity contribution in [2.75, 3.05) is 11.9 Å². The molecule has 0 aliphatic rings. The molecule has 0 fully saturated rings. The molecule has 0 aliphatic heterocycles. The summed E-state index contributed by atoms with van der Waals surface area (Å²) in [6.07, 6.45) is 0. The minimum atomic E-state index is 0.480. The molecule has 0 spiro atoms. The fourth-order valence-electron chi connectivity index (χ4n) is 2.42. The molecule has 2 heteroatoms. The number of halogens is 1. The minimum Gasteiger partial charge on any atom is -0.383 e. The highest BCUT2D eigenvalue weighted by Gasteiger charge is 2.15. The zero-order chi connectivity index (χ0) is 14.5. The average molecular weight is 288 g/mol. The lowest BCUT2D eigenvalue weighted by atomic mass is 9.88. The Bertz CT molecular complexity index is 549. The molecule has 0 aliphatic carbocycles. The van der Waals surface area contributed by atoms with E-state index in [1.54, 1.807) is 0 Å². The highest BCUT2D eigenvalue weighted by atomic mass is 35.5. The zero-order valence-corrected chi connectivity index (χ0v) is 13.1. The van der Waals surface area contributed by atoms with E-state index in [0.717, 1.165) is 17.3 Å². The standard InChI is InChI=1S/C18H22ClN/c1-13(2)16(15-7-5-4-6-8-15)12-20-18-10-9-14(3)11-17(18)19/h4-11,13,16,20H,12H2,1-3H3. The zero-order valence-electron chi connectivity index (χ0n) is 12.4. The van der Waals surface area contributed by atoms with Gasteiger partial charge in [0.2, 0.25) is 0 Å². The first-order valence-electron chi connectivity index (χ1n) is 7.13. The molecule has 2 aromatic carbocycles. The number of anilines is 1. The lowest BCUT2D eigenvalue weighted by Gasteiger charge is -2.23. The summed E-state index contributed by atoms with van der Waals surface area (Å²) in [6, 6.07) is 16.8. The Labute approximate surface area is 127 Å². The number of nitrogens with one attached hydrogen (secondary N) is 1. The molecule has 0 amide bonds. The highest BCUT2D eigenvalue weighted by molar-refractivity contribution is 6.33. The second-order valence-corrected chi connectivity index (χ2v) is 6.03. The molecule has 20 heavy (non-hydrogen) atoms. The number of rotatable bonds is 5. The van der Waals surface area contributed by atoms with Crippen molar-refractivity contribution >= 4 is 17.3 Å². The molecule has 2 aromatic rings. The van der Waals surface area contributed by atoms with Crippen LogP contribution in [0.15, 0.2) is 48.5 Å². The van der Waals surface area contributed by atoms with Crippen LogP contribution in [0.1, 0.15) is 30.9 Å². The third kappa shape index (κ3) is 3.77. The lowest BCUT2D eigenvalue weighted by Crippen LogP contribution is -2.17. The van der Waals surface area contributed by atoms with Gasteiger partial charge in [-0.1, -0.05) is 61.8 Å². The van der Waals surface area contributed by atoms with E-state index < -0.39 is 0 Å². The van der Waals surface area contributed by atoms with Gasteiger partial charge in [-0.05, 0) is 36.1 Å². The van der Waals surface area contributed by atoms with Gasteiger partial charge in [-0.15, -0.1) is 0 Å². The largest absolute Gasteiger partial charge is 0.383 e. The Balaban J connectivity index is 2.10. The Morgan fingerprint density at radius 1 is 1.05 bits per heavy atom. The maximum Gasteiger partial charge on any atom is 0.0640 e. The fourth-order valence-corrected chi connectivity index (χ4v) is 2.72. The summed E-state index contributed by atoms with van der Waals surface area (Å²) in [5.74, 6) is 1.06. The van der Waals surface area contributed by atoms with Crippen molar-refractivity contribution in [1.29, 1.82) is 0 Å².